The van der Waals surface area contributed by atoms with E-state index in [1.54, 1.807) is 18.2 Å². The third kappa shape index (κ3) is 7.37. The zero-order valence-electron chi connectivity index (χ0n) is 15.2. The number of nitrogens with two attached hydrogens (primary N) is 1. The standard InChI is InChI=1S/C14H7Cl3F3NO.C6H5Cl2N/c15-10-3-1-7(5-9(10)14(18,19)20)13(22)21-8-2-4-11(16)12(17)6-8;7-5-2-1-4(9)3-6(5)8/h1-6H,(H,21,22);1-3H,9H2. The number of amides is 1. The number of alkyl halides is 3. The fourth-order valence-corrected chi connectivity index (χ4v) is 3.00. The molecule has 3 rings (SSSR count). The van der Waals surface area contributed by atoms with Gasteiger partial charge >= 0.3 is 6.18 Å². The first-order chi connectivity index (χ1) is 14.4. The lowest BCUT2D eigenvalue weighted by Gasteiger charge is -2.11. The van der Waals surface area contributed by atoms with E-state index < -0.39 is 22.7 Å². The summed E-state index contributed by atoms with van der Waals surface area (Å²) in [7, 11) is 0. The normalized spacial score (nSPS) is 10.8. The molecular formula is C20H12Cl5F3N2O. The quantitative estimate of drug-likeness (QED) is 0.327. The molecule has 0 aliphatic carbocycles. The minimum absolute atomic E-state index is 0.178. The van der Waals surface area contributed by atoms with Crippen molar-refractivity contribution in [2.45, 2.75) is 6.18 Å². The molecule has 0 aromatic heterocycles. The van der Waals surface area contributed by atoms with Crippen LogP contribution < -0.4 is 11.1 Å². The maximum Gasteiger partial charge on any atom is 0.417 e. The number of nitrogens with one attached hydrogen (secondary N) is 1. The molecule has 3 N–H and O–H groups in total. The van der Waals surface area contributed by atoms with E-state index >= 15 is 0 Å². The predicted molar refractivity (Wildman–Crippen MR) is 122 cm³/mol. The van der Waals surface area contributed by atoms with Crippen molar-refractivity contribution in [1.82, 2.24) is 0 Å². The number of benzene rings is 3. The molecule has 0 radical (unpaired) electrons. The molecule has 11 heteroatoms. The number of anilines is 2. The SMILES string of the molecule is Nc1ccc(Cl)c(Cl)c1.O=C(Nc1ccc(Cl)c(Cl)c1)c1ccc(Cl)c(C(F)(F)F)c1. The monoisotopic (exact) mass is 528 g/mol. The molecule has 0 heterocycles. The molecule has 0 saturated heterocycles. The van der Waals surface area contributed by atoms with Crippen LogP contribution in [-0.2, 0) is 6.18 Å². The van der Waals surface area contributed by atoms with Crippen LogP contribution in [0.25, 0.3) is 0 Å². The van der Waals surface area contributed by atoms with Crippen LogP contribution in [0.2, 0.25) is 25.1 Å². The van der Waals surface area contributed by atoms with Crippen LogP contribution in [0.1, 0.15) is 15.9 Å². The van der Waals surface area contributed by atoms with Gasteiger partial charge in [0.25, 0.3) is 5.91 Å². The van der Waals surface area contributed by atoms with Crippen LogP contribution in [0.3, 0.4) is 0 Å². The van der Waals surface area contributed by atoms with Gasteiger partial charge in [-0.05, 0) is 54.6 Å². The van der Waals surface area contributed by atoms with Crippen molar-refractivity contribution in [2.75, 3.05) is 11.1 Å². The Bertz CT molecular complexity index is 1110. The molecule has 0 fully saturated rings. The summed E-state index contributed by atoms with van der Waals surface area (Å²) in [6, 6.07) is 12.2. The zero-order valence-corrected chi connectivity index (χ0v) is 19.0. The van der Waals surface area contributed by atoms with Gasteiger partial charge in [-0.3, -0.25) is 4.79 Å². The lowest BCUT2D eigenvalue weighted by molar-refractivity contribution is -0.137. The van der Waals surface area contributed by atoms with E-state index in [0.717, 1.165) is 6.07 Å². The highest BCUT2D eigenvalue weighted by Crippen LogP contribution is 2.35. The molecule has 1 amide bonds. The Morgan fingerprint density at radius 3 is 1.81 bits per heavy atom. The Kier molecular flexibility index (Phi) is 8.74. The number of hydrogen-bond donors (Lipinski definition) is 2. The van der Waals surface area contributed by atoms with Gasteiger partial charge in [0.2, 0.25) is 0 Å². The number of carbonyl (C=O) groups excluding carboxylic acids is 1. The average Bonchev–Trinajstić information content (AvgIpc) is 2.68. The van der Waals surface area contributed by atoms with Gasteiger partial charge in [-0.1, -0.05) is 58.0 Å². The maximum atomic E-state index is 12.8. The summed E-state index contributed by atoms with van der Waals surface area (Å²) in [5.41, 5.74) is 5.07. The van der Waals surface area contributed by atoms with Crippen molar-refractivity contribution in [3.8, 4) is 0 Å². The molecule has 0 unspecified atom stereocenters. The molecule has 0 aliphatic rings. The lowest BCUT2D eigenvalue weighted by Crippen LogP contribution is -2.14. The molecule has 0 bridgehead atoms. The van der Waals surface area contributed by atoms with Gasteiger partial charge in [0.1, 0.15) is 0 Å². The largest absolute Gasteiger partial charge is 0.417 e. The van der Waals surface area contributed by atoms with E-state index in [2.05, 4.69) is 5.32 Å². The Hall–Kier alpha value is -1.83. The van der Waals surface area contributed by atoms with Crippen molar-refractivity contribution in [2.24, 2.45) is 0 Å². The van der Waals surface area contributed by atoms with E-state index in [0.29, 0.717) is 32.5 Å². The lowest BCUT2D eigenvalue weighted by atomic mass is 10.1. The molecule has 0 spiro atoms. The number of rotatable bonds is 2. The number of hydrogen-bond acceptors (Lipinski definition) is 2. The highest BCUT2D eigenvalue weighted by atomic mass is 35.5. The minimum atomic E-state index is -4.64. The van der Waals surface area contributed by atoms with Gasteiger partial charge in [0, 0.05) is 16.9 Å². The van der Waals surface area contributed by atoms with Crippen LogP contribution in [0.5, 0.6) is 0 Å². The average molecular weight is 531 g/mol. The van der Waals surface area contributed by atoms with Crippen molar-refractivity contribution >= 4 is 75.3 Å². The van der Waals surface area contributed by atoms with E-state index in [1.165, 1.54) is 24.3 Å². The van der Waals surface area contributed by atoms with Crippen molar-refractivity contribution in [3.05, 3.63) is 90.8 Å². The molecule has 164 valence electrons. The predicted octanol–water partition coefficient (Wildman–Crippen LogP) is 8.49. The van der Waals surface area contributed by atoms with Gasteiger partial charge in [-0.2, -0.15) is 13.2 Å². The first-order valence-corrected chi connectivity index (χ1v) is 10.1. The number of halogens is 8. The molecule has 3 aromatic rings. The van der Waals surface area contributed by atoms with Gasteiger partial charge in [-0.15, -0.1) is 0 Å². The fourth-order valence-electron chi connectivity index (χ4n) is 2.17. The summed E-state index contributed by atoms with van der Waals surface area (Å²) in [5.74, 6) is -0.722. The maximum absolute atomic E-state index is 12.8. The summed E-state index contributed by atoms with van der Waals surface area (Å²) < 4.78 is 38.3. The van der Waals surface area contributed by atoms with Gasteiger partial charge in [0.15, 0.2) is 0 Å². The van der Waals surface area contributed by atoms with Crippen LogP contribution in [0.15, 0.2) is 54.6 Å². The number of carbonyl (C=O) groups is 1. The molecule has 0 saturated carbocycles. The van der Waals surface area contributed by atoms with E-state index in [1.807, 2.05) is 0 Å². The minimum Gasteiger partial charge on any atom is -0.399 e. The molecule has 31 heavy (non-hydrogen) atoms. The van der Waals surface area contributed by atoms with Gasteiger partial charge in [-0.25, -0.2) is 0 Å². The molecule has 0 atom stereocenters. The Balaban J connectivity index is 0.000000316. The zero-order chi connectivity index (χ0) is 23.3. The summed E-state index contributed by atoms with van der Waals surface area (Å²) >= 11 is 28.2. The Morgan fingerprint density at radius 1 is 0.742 bits per heavy atom. The van der Waals surface area contributed by atoms with E-state index in [-0.39, 0.29) is 10.6 Å². The topological polar surface area (TPSA) is 55.1 Å². The highest BCUT2D eigenvalue weighted by Gasteiger charge is 2.33. The van der Waals surface area contributed by atoms with Crippen molar-refractivity contribution in [3.63, 3.8) is 0 Å². The summed E-state index contributed by atoms with van der Waals surface area (Å²) in [6.45, 7) is 0. The van der Waals surface area contributed by atoms with Crippen LogP contribution in [0, 0.1) is 0 Å². The molecule has 3 nitrogen and oxygen atoms in total. The van der Waals surface area contributed by atoms with E-state index in [4.69, 9.17) is 63.7 Å². The fraction of sp³-hybridized carbons (Fsp3) is 0.0500. The molecule has 0 aliphatic heterocycles. The Labute approximate surface area is 200 Å². The van der Waals surface area contributed by atoms with Crippen LogP contribution >= 0.6 is 58.0 Å². The second-order valence-corrected chi connectivity index (χ2v) is 7.98. The first kappa shape index (κ1) is 25.4. The summed E-state index contributed by atoms with van der Waals surface area (Å²) in [5, 5.41) is 3.50. The number of nitrogen functional groups attached to an aromatic ring is 1. The van der Waals surface area contributed by atoms with E-state index in [9.17, 15) is 18.0 Å². The third-order valence-electron chi connectivity index (χ3n) is 3.66. The second kappa shape index (κ2) is 10.7. The summed E-state index contributed by atoms with van der Waals surface area (Å²) in [6.07, 6.45) is -4.64. The smallest absolute Gasteiger partial charge is 0.399 e. The molecular weight excluding hydrogens is 518 g/mol. The summed E-state index contributed by atoms with van der Waals surface area (Å²) in [4.78, 5) is 12.0. The second-order valence-electron chi connectivity index (χ2n) is 5.95. The van der Waals surface area contributed by atoms with Gasteiger partial charge in [0.05, 0.1) is 30.7 Å². The third-order valence-corrected chi connectivity index (χ3v) is 5.46. The first-order valence-electron chi connectivity index (χ1n) is 8.22. The van der Waals surface area contributed by atoms with Crippen molar-refractivity contribution < 1.29 is 18.0 Å². The van der Waals surface area contributed by atoms with Crippen LogP contribution in [0.4, 0.5) is 24.5 Å². The van der Waals surface area contributed by atoms with Crippen LogP contribution in [-0.4, -0.2) is 5.91 Å². The Morgan fingerprint density at radius 2 is 1.29 bits per heavy atom. The van der Waals surface area contributed by atoms with Crippen molar-refractivity contribution in [1.29, 1.82) is 0 Å². The molecule has 3 aromatic carbocycles. The highest BCUT2D eigenvalue weighted by molar-refractivity contribution is 6.42. The van der Waals surface area contributed by atoms with Gasteiger partial charge < -0.3 is 11.1 Å².